The maximum atomic E-state index is 12.3. The van der Waals surface area contributed by atoms with Crippen LogP contribution < -0.4 is 36.1 Å². The molecule has 1 aromatic rings. The van der Waals surface area contributed by atoms with Gasteiger partial charge in [-0.15, -0.1) is 0 Å². The smallest absolute Gasteiger partial charge is 0.315 e. The largest absolute Gasteiger partial charge is 0.493 e. The minimum absolute atomic E-state index is 0.0190. The van der Waals surface area contributed by atoms with E-state index in [1.54, 1.807) is 11.8 Å². The number of urea groups is 1. The van der Waals surface area contributed by atoms with Crippen LogP contribution in [-0.2, 0) is 19.2 Å². The minimum Gasteiger partial charge on any atom is -0.493 e. The lowest BCUT2D eigenvalue weighted by Gasteiger charge is -2.17. The topological polar surface area (TPSA) is 227 Å². The number of nitro groups is 1. The maximum Gasteiger partial charge on any atom is 0.315 e. The summed E-state index contributed by atoms with van der Waals surface area (Å²) in [6.07, 6.45) is 0.227. The number of carbonyl (C=O) groups excluding carboxylic acids is 4. The van der Waals surface area contributed by atoms with Gasteiger partial charge in [-0.3, -0.25) is 29.3 Å². The van der Waals surface area contributed by atoms with Crippen LogP contribution >= 0.6 is 11.8 Å². The van der Waals surface area contributed by atoms with E-state index in [1.807, 2.05) is 0 Å². The molecule has 16 nitrogen and oxygen atoms in total. The van der Waals surface area contributed by atoms with Gasteiger partial charge in [0.15, 0.2) is 18.1 Å². The molecule has 5 amide bonds. The average Bonchev–Trinajstić information content (AvgIpc) is 3.50. The van der Waals surface area contributed by atoms with Crippen LogP contribution in [0.4, 0.5) is 10.5 Å². The molecule has 2 aliphatic heterocycles. The Morgan fingerprint density at radius 2 is 1.81 bits per heavy atom. The van der Waals surface area contributed by atoms with Crippen LogP contribution in [0.15, 0.2) is 12.1 Å². The Hall–Kier alpha value is -4.28. The van der Waals surface area contributed by atoms with E-state index in [0.29, 0.717) is 6.42 Å². The summed E-state index contributed by atoms with van der Waals surface area (Å²) < 4.78 is 10.7. The molecule has 0 bridgehead atoms. The van der Waals surface area contributed by atoms with Gasteiger partial charge in [-0.25, -0.2) is 4.79 Å². The minimum atomic E-state index is -1.15. The van der Waals surface area contributed by atoms with Crippen molar-refractivity contribution >= 4 is 47.2 Å². The summed E-state index contributed by atoms with van der Waals surface area (Å²) in [5, 5.41) is 34.2. The molecule has 0 aliphatic carbocycles. The molecule has 0 spiro atoms. The first kappa shape index (κ1) is 32.2. The summed E-state index contributed by atoms with van der Waals surface area (Å²) >= 11 is 1.72. The number of aliphatic carboxylic acids is 1. The van der Waals surface area contributed by atoms with Crippen molar-refractivity contribution in [2.24, 2.45) is 0 Å². The Kier molecular flexibility index (Phi) is 11.6. The summed E-state index contributed by atoms with van der Waals surface area (Å²) in [5.41, 5.74) is -0.290. The van der Waals surface area contributed by atoms with E-state index in [0.717, 1.165) is 11.8 Å². The van der Waals surface area contributed by atoms with Crippen molar-refractivity contribution in [3.05, 3.63) is 27.8 Å². The predicted octanol–water partition coefficient (Wildman–Crippen LogP) is 0.202. The standard InChI is InChI=1S/C25H34N6O10S/c1-13(28-21(33)5-6-23(35)36)14-9-17(40-2)18(10-16(14)31(38)39)41-11-22(34)27-8-7-26-20(32)4-3-19-24-15(12-42-19)29-25(37)30-24/h9-10,13,15,19,24H,3-8,11-12H2,1-2H3,(H,26,32)(H,27,34)(H,28,33)(H,35,36)(H2,29,30,37). The van der Waals surface area contributed by atoms with Crippen molar-refractivity contribution in [3.8, 4) is 11.5 Å². The molecule has 4 atom stereocenters. The summed E-state index contributed by atoms with van der Waals surface area (Å²) in [4.78, 5) is 69.6. The number of hydrogen-bond acceptors (Lipinski definition) is 10. The number of nitrogens with zero attached hydrogens (tertiary/aromatic N) is 1. The number of carboxylic acids is 1. The lowest BCUT2D eigenvalue weighted by atomic mass is 10.0. The number of ether oxygens (including phenoxy) is 2. The van der Waals surface area contributed by atoms with Gasteiger partial charge in [-0.2, -0.15) is 11.8 Å². The van der Waals surface area contributed by atoms with Crippen molar-refractivity contribution in [1.29, 1.82) is 0 Å². The van der Waals surface area contributed by atoms with Crippen LogP contribution in [0, 0.1) is 10.1 Å². The molecule has 6 N–H and O–H groups in total. The third-order valence-corrected chi connectivity index (χ3v) is 8.15. The summed E-state index contributed by atoms with van der Waals surface area (Å²) in [7, 11) is 1.31. The van der Waals surface area contributed by atoms with Gasteiger partial charge in [-0.1, -0.05) is 0 Å². The first-order valence-electron chi connectivity index (χ1n) is 13.2. The second-order valence-electron chi connectivity index (χ2n) is 9.65. The van der Waals surface area contributed by atoms with Gasteiger partial charge in [0.1, 0.15) is 0 Å². The van der Waals surface area contributed by atoms with Crippen molar-refractivity contribution in [2.45, 2.75) is 56.0 Å². The van der Waals surface area contributed by atoms with E-state index < -0.39 is 41.0 Å². The number of fused-ring (bicyclic) bond motifs is 1. The third kappa shape index (κ3) is 9.12. The van der Waals surface area contributed by atoms with Crippen LogP contribution in [0.3, 0.4) is 0 Å². The second kappa shape index (κ2) is 15.1. The van der Waals surface area contributed by atoms with Crippen molar-refractivity contribution in [3.63, 3.8) is 0 Å². The number of carbonyl (C=O) groups is 5. The zero-order valence-corrected chi connectivity index (χ0v) is 23.9. The number of nitrogens with one attached hydrogen (secondary N) is 5. The van der Waals surface area contributed by atoms with Crippen LogP contribution in [0.5, 0.6) is 11.5 Å². The first-order valence-corrected chi connectivity index (χ1v) is 14.3. The highest BCUT2D eigenvalue weighted by Gasteiger charge is 2.42. The number of amides is 5. The summed E-state index contributed by atoms with van der Waals surface area (Å²) in [6, 6.07) is 1.47. The normalized spacial score (nSPS) is 19.5. The Labute approximate surface area is 245 Å². The predicted molar refractivity (Wildman–Crippen MR) is 149 cm³/mol. The van der Waals surface area contributed by atoms with Gasteiger partial charge < -0.3 is 41.2 Å². The SMILES string of the molecule is COc1cc(C(C)NC(=O)CCC(=O)O)c([N+](=O)[O-])cc1OCC(=O)NCCNC(=O)CCC1SCC2NC(=O)NC21. The van der Waals surface area contributed by atoms with Gasteiger partial charge in [0.05, 0.1) is 48.2 Å². The van der Waals surface area contributed by atoms with Crippen LogP contribution in [0.2, 0.25) is 0 Å². The van der Waals surface area contributed by atoms with E-state index in [2.05, 4.69) is 26.6 Å². The molecule has 17 heteroatoms. The highest BCUT2D eigenvalue weighted by Crippen LogP contribution is 2.37. The Morgan fingerprint density at radius 3 is 2.48 bits per heavy atom. The number of methoxy groups -OCH3 is 1. The number of rotatable bonds is 16. The fraction of sp³-hybridized carbons (Fsp3) is 0.560. The molecule has 42 heavy (non-hydrogen) atoms. The van der Waals surface area contributed by atoms with Crippen LogP contribution in [-0.4, -0.2) is 89.6 Å². The Bertz CT molecular complexity index is 1210. The summed E-state index contributed by atoms with van der Waals surface area (Å²) in [6.45, 7) is 1.34. The highest BCUT2D eigenvalue weighted by atomic mass is 32.2. The molecule has 1 aromatic carbocycles. The van der Waals surface area contributed by atoms with Gasteiger partial charge in [-0.05, 0) is 19.4 Å². The molecule has 3 rings (SSSR count). The quantitative estimate of drug-likeness (QED) is 0.0641. The first-order chi connectivity index (χ1) is 20.0. The third-order valence-electron chi connectivity index (χ3n) is 6.64. The molecule has 4 unspecified atom stereocenters. The monoisotopic (exact) mass is 610 g/mol. The molecule has 0 radical (unpaired) electrons. The lowest BCUT2D eigenvalue weighted by molar-refractivity contribution is -0.385. The van der Waals surface area contributed by atoms with E-state index in [-0.39, 0.29) is 78.7 Å². The second-order valence-corrected chi connectivity index (χ2v) is 10.9. The zero-order chi connectivity index (χ0) is 30.8. The highest BCUT2D eigenvalue weighted by molar-refractivity contribution is 8.00. The number of hydrogen-bond donors (Lipinski definition) is 6. The summed E-state index contributed by atoms with van der Waals surface area (Å²) in [5.74, 6) is -1.62. The van der Waals surface area contributed by atoms with Crippen LogP contribution in [0.25, 0.3) is 0 Å². The molecule has 2 aliphatic rings. The van der Waals surface area contributed by atoms with E-state index >= 15 is 0 Å². The number of nitro benzene ring substituents is 1. The Morgan fingerprint density at radius 1 is 1.10 bits per heavy atom. The van der Waals surface area contributed by atoms with E-state index in [1.165, 1.54) is 20.1 Å². The van der Waals surface area contributed by atoms with Gasteiger partial charge in [0, 0.05) is 36.9 Å². The van der Waals surface area contributed by atoms with Crippen LogP contribution in [0.1, 0.15) is 44.2 Å². The lowest BCUT2D eigenvalue weighted by Crippen LogP contribution is -2.38. The molecule has 2 fully saturated rings. The van der Waals surface area contributed by atoms with Crippen molar-refractivity contribution in [2.75, 3.05) is 32.6 Å². The van der Waals surface area contributed by atoms with E-state index in [4.69, 9.17) is 14.6 Å². The maximum absolute atomic E-state index is 12.3. The van der Waals surface area contributed by atoms with Gasteiger partial charge in [0.25, 0.3) is 11.6 Å². The van der Waals surface area contributed by atoms with Crippen molar-refractivity contribution < 1.29 is 43.5 Å². The number of thioether (sulfide) groups is 1. The fourth-order valence-electron chi connectivity index (χ4n) is 4.56. The molecule has 0 saturated carbocycles. The molecular weight excluding hydrogens is 576 g/mol. The number of carboxylic acid groups (broad SMARTS) is 1. The molecule has 0 aromatic heterocycles. The van der Waals surface area contributed by atoms with E-state index in [9.17, 15) is 34.1 Å². The molecule has 2 heterocycles. The van der Waals surface area contributed by atoms with Crippen molar-refractivity contribution in [1.82, 2.24) is 26.6 Å². The Balaban J connectivity index is 1.43. The molecule has 230 valence electrons. The zero-order valence-electron chi connectivity index (χ0n) is 23.1. The number of benzene rings is 1. The fourth-order valence-corrected chi connectivity index (χ4v) is 6.05. The van der Waals surface area contributed by atoms with Gasteiger partial charge in [0.2, 0.25) is 11.8 Å². The average molecular weight is 611 g/mol. The molecular formula is C25H34N6O10S. The van der Waals surface area contributed by atoms with Gasteiger partial charge >= 0.3 is 12.0 Å². The molecule has 2 saturated heterocycles.